The van der Waals surface area contributed by atoms with Crippen LogP contribution in [0.25, 0.3) is 0 Å². The highest BCUT2D eigenvalue weighted by molar-refractivity contribution is 7.89. The van der Waals surface area contributed by atoms with Gasteiger partial charge in [-0.3, -0.25) is 0 Å². The van der Waals surface area contributed by atoms with Gasteiger partial charge in [0.2, 0.25) is 0 Å². The zero-order chi connectivity index (χ0) is 14.4. The first-order chi connectivity index (χ1) is 9.74. The molecule has 106 valence electrons. The van der Waals surface area contributed by atoms with Gasteiger partial charge in [0.15, 0.2) is 0 Å². The van der Waals surface area contributed by atoms with Crippen LogP contribution in [0.15, 0.2) is 48.5 Å². The predicted octanol–water partition coefficient (Wildman–Crippen LogP) is 3.15. The molecule has 0 aliphatic rings. The van der Waals surface area contributed by atoms with Crippen molar-refractivity contribution in [1.82, 2.24) is 0 Å². The van der Waals surface area contributed by atoms with Crippen LogP contribution in [-0.4, -0.2) is 18.8 Å². The summed E-state index contributed by atoms with van der Waals surface area (Å²) in [5.41, 5.74) is 1.92. The highest BCUT2D eigenvalue weighted by Gasteiger charge is 2.14. The second-order valence-electron chi connectivity index (χ2n) is 4.35. The number of hydrogen-bond acceptors (Lipinski definition) is 3. The molecule has 0 radical (unpaired) electrons. The van der Waals surface area contributed by atoms with Crippen molar-refractivity contribution in [1.29, 1.82) is 0 Å². The molecule has 0 unspecified atom stereocenters. The molecule has 2 aromatic carbocycles. The second kappa shape index (κ2) is 7.22. The predicted molar refractivity (Wildman–Crippen MR) is 81.5 cm³/mol. The fourth-order valence-electron chi connectivity index (χ4n) is 2.04. The molecule has 0 bridgehead atoms. The Morgan fingerprint density at radius 1 is 0.800 bits per heavy atom. The lowest BCUT2D eigenvalue weighted by molar-refractivity contribution is 0.410. The first-order valence-electron chi connectivity index (χ1n) is 6.33. The Hall–Kier alpha value is -1.65. The molecule has 0 spiro atoms. The van der Waals surface area contributed by atoms with E-state index in [1.165, 1.54) is 0 Å². The summed E-state index contributed by atoms with van der Waals surface area (Å²) in [5.74, 6) is 2.51. The molecule has 0 atom stereocenters. The number of para-hydroxylation sites is 2. The van der Waals surface area contributed by atoms with Crippen LogP contribution >= 0.6 is 0 Å². The minimum absolute atomic E-state index is 0.474. The lowest BCUT2D eigenvalue weighted by Crippen LogP contribution is -2.09. The number of benzene rings is 2. The summed E-state index contributed by atoms with van der Waals surface area (Å²) in [7, 11) is 3.25. The van der Waals surface area contributed by atoms with Crippen LogP contribution in [0.2, 0.25) is 0 Å². The lowest BCUT2D eigenvalue weighted by atomic mass is 10.2. The van der Waals surface area contributed by atoms with Crippen LogP contribution in [0.3, 0.4) is 0 Å². The zero-order valence-electron chi connectivity index (χ0n) is 11.7. The van der Waals surface area contributed by atoms with E-state index in [1.54, 1.807) is 14.2 Å². The molecule has 0 saturated heterocycles. The van der Waals surface area contributed by atoms with Crippen LogP contribution in [0.5, 0.6) is 11.5 Å². The highest BCUT2D eigenvalue weighted by Crippen LogP contribution is 2.24. The van der Waals surface area contributed by atoms with E-state index in [-0.39, 0.29) is 0 Å². The van der Waals surface area contributed by atoms with Gasteiger partial charge in [0, 0.05) is 11.1 Å². The fourth-order valence-corrected chi connectivity index (χ4v) is 3.32. The van der Waals surface area contributed by atoms with Gasteiger partial charge in [0.1, 0.15) is 23.0 Å². The normalized spacial score (nSPS) is 10.6. The minimum Gasteiger partial charge on any atom is -0.616 e. The van der Waals surface area contributed by atoms with E-state index in [9.17, 15) is 4.55 Å². The molecule has 0 saturated carbocycles. The Morgan fingerprint density at radius 3 is 1.60 bits per heavy atom. The van der Waals surface area contributed by atoms with Crippen molar-refractivity contribution in [3.63, 3.8) is 0 Å². The molecule has 0 amide bonds. The monoisotopic (exact) mass is 290 g/mol. The topological polar surface area (TPSA) is 41.5 Å². The SMILES string of the molecule is COc1ccccc1C[S+]([O-])Cc1ccccc1OC. The first kappa shape index (κ1) is 14.8. The van der Waals surface area contributed by atoms with Crippen molar-refractivity contribution in [3.05, 3.63) is 59.7 Å². The third-order valence-electron chi connectivity index (χ3n) is 3.02. The number of rotatable bonds is 6. The molecule has 0 aliphatic carbocycles. The summed E-state index contributed by atoms with van der Waals surface area (Å²) in [6.07, 6.45) is 0. The van der Waals surface area contributed by atoms with E-state index in [4.69, 9.17) is 9.47 Å². The maximum Gasteiger partial charge on any atom is 0.134 e. The standard InChI is InChI=1S/C16H18O3S/c1-18-15-9-5-3-7-13(15)11-20(17)12-14-8-4-6-10-16(14)19-2/h3-10H,11-12H2,1-2H3. The Balaban J connectivity index is 2.07. The Labute approximate surface area is 122 Å². The van der Waals surface area contributed by atoms with Crippen molar-refractivity contribution in [3.8, 4) is 11.5 Å². The molecule has 20 heavy (non-hydrogen) atoms. The smallest absolute Gasteiger partial charge is 0.134 e. The van der Waals surface area contributed by atoms with Crippen LogP contribution in [-0.2, 0) is 22.7 Å². The summed E-state index contributed by atoms with van der Waals surface area (Å²) in [6, 6.07) is 15.3. The van der Waals surface area contributed by atoms with Crippen LogP contribution in [0, 0.1) is 0 Å². The summed E-state index contributed by atoms with van der Waals surface area (Å²) in [6.45, 7) is 0. The lowest BCUT2D eigenvalue weighted by Gasteiger charge is -2.14. The molecule has 0 heterocycles. The molecule has 0 aliphatic heterocycles. The van der Waals surface area contributed by atoms with E-state index in [0.717, 1.165) is 22.6 Å². The fraction of sp³-hybridized carbons (Fsp3) is 0.250. The van der Waals surface area contributed by atoms with Gasteiger partial charge in [-0.2, -0.15) is 0 Å². The van der Waals surface area contributed by atoms with Gasteiger partial charge in [0.05, 0.1) is 14.2 Å². The number of methoxy groups -OCH3 is 2. The quantitative estimate of drug-likeness (QED) is 0.767. The van der Waals surface area contributed by atoms with Crippen molar-refractivity contribution in [2.45, 2.75) is 11.5 Å². The van der Waals surface area contributed by atoms with Crippen molar-refractivity contribution in [2.24, 2.45) is 0 Å². The molecule has 4 heteroatoms. The summed E-state index contributed by atoms with van der Waals surface area (Å²) >= 11 is -1.01. The molecule has 2 aromatic rings. The number of hydrogen-bond donors (Lipinski definition) is 0. The van der Waals surface area contributed by atoms with Crippen molar-refractivity contribution < 1.29 is 14.0 Å². The van der Waals surface area contributed by atoms with Crippen LogP contribution in [0.1, 0.15) is 11.1 Å². The average Bonchev–Trinajstić information content (AvgIpc) is 2.48. The van der Waals surface area contributed by atoms with E-state index >= 15 is 0 Å². The first-order valence-corrected chi connectivity index (χ1v) is 7.82. The van der Waals surface area contributed by atoms with Crippen LogP contribution < -0.4 is 9.47 Å². The largest absolute Gasteiger partial charge is 0.616 e. The molecule has 3 nitrogen and oxygen atoms in total. The van der Waals surface area contributed by atoms with E-state index < -0.39 is 11.2 Å². The maximum atomic E-state index is 12.3. The second-order valence-corrected chi connectivity index (χ2v) is 5.81. The highest BCUT2D eigenvalue weighted by atomic mass is 32.2. The van der Waals surface area contributed by atoms with Gasteiger partial charge in [0.25, 0.3) is 0 Å². The van der Waals surface area contributed by atoms with Gasteiger partial charge in [-0.05, 0) is 23.3 Å². The Morgan fingerprint density at radius 2 is 1.20 bits per heavy atom. The van der Waals surface area contributed by atoms with Crippen molar-refractivity contribution in [2.75, 3.05) is 14.2 Å². The van der Waals surface area contributed by atoms with E-state index in [1.807, 2.05) is 48.5 Å². The maximum absolute atomic E-state index is 12.3. The third-order valence-corrected chi connectivity index (χ3v) is 4.28. The van der Waals surface area contributed by atoms with Gasteiger partial charge in [-0.25, -0.2) is 0 Å². The molecule has 2 rings (SSSR count). The molecule has 0 fully saturated rings. The van der Waals surface area contributed by atoms with E-state index in [0.29, 0.717) is 11.5 Å². The average molecular weight is 290 g/mol. The van der Waals surface area contributed by atoms with Crippen LogP contribution in [0.4, 0.5) is 0 Å². The van der Waals surface area contributed by atoms with Gasteiger partial charge in [-0.1, -0.05) is 36.4 Å². The molecular formula is C16H18O3S. The van der Waals surface area contributed by atoms with E-state index in [2.05, 4.69) is 0 Å². The molecular weight excluding hydrogens is 272 g/mol. The Kier molecular flexibility index (Phi) is 5.32. The van der Waals surface area contributed by atoms with Gasteiger partial charge in [-0.15, -0.1) is 0 Å². The van der Waals surface area contributed by atoms with Gasteiger partial charge < -0.3 is 14.0 Å². The zero-order valence-corrected chi connectivity index (χ0v) is 12.5. The summed E-state index contributed by atoms with van der Waals surface area (Å²) in [4.78, 5) is 0. The Bertz CT molecular complexity index is 507. The van der Waals surface area contributed by atoms with Crippen molar-refractivity contribution >= 4 is 11.2 Å². The number of ether oxygens (including phenoxy) is 2. The minimum atomic E-state index is -1.01. The third kappa shape index (κ3) is 3.68. The summed E-state index contributed by atoms with van der Waals surface area (Å²) < 4.78 is 22.9. The summed E-state index contributed by atoms with van der Waals surface area (Å²) in [5, 5.41) is 0. The molecule has 0 N–H and O–H groups in total. The van der Waals surface area contributed by atoms with Gasteiger partial charge >= 0.3 is 0 Å². The molecule has 0 aromatic heterocycles.